The van der Waals surface area contributed by atoms with Crippen molar-refractivity contribution in [3.63, 3.8) is 0 Å². The maximum absolute atomic E-state index is 11.6. The second-order valence-corrected chi connectivity index (χ2v) is 3.71. The lowest BCUT2D eigenvalue weighted by Crippen LogP contribution is -2.27. The van der Waals surface area contributed by atoms with Gasteiger partial charge in [-0.05, 0) is 31.4 Å². The summed E-state index contributed by atoms with van der Waals surface area (Å²) < 4.78 is 5.27. The fourth-order valence-electron chi connectivity index (χ4n) is 1.53. The lowest BCUT2D eigenvalue weighted by atomic mass is 10.2. The molecular weight excluding hydrogens is 192 g/mol. The van der Waals surface area contributed by atoms with E-state index in [9.17, 15) is 4.79 Å². The zero-order chi connectivity index (χ0) is 10.7. The van der Waals surface area contributed by atoms with E-state index in [1.807, 2.05) is 13.0 Å². The van der Waals surface area contributed by atoms with Crippen LogP contribution in [-0.4, -0.2) is 23.6 Å². The Bertz CT molecular complexity index is 342. The summed E-state index contributed by atoms with van der Waals surface area (Å²) in [6, 6.07) is 3.71. The van der Waals surface area contributed by atoms with Crippen molar-refractivity contribution in [1.29, 1.82) is 0 Å². The number of hydrogen-bond acceptors (Lipinski definition) is 3. The van der Waals surface area contributed by atoms with Gasteiger partial charge in [-0.3, -0.25) is 4.79 Å². The van der Waals surface area contributed by atoms with Crippen LogP contribution in [-0.2, 0) is 9.53 Å². The highest BCUT2D eigenvalue weighted by Crippen LogP contribution is 2.14. The number of aromatic nitrogens is 1. The van der Waals surface area contributed by atoms with E-state index in [4.69, 9.17) is 4.74 Å². The normalized spacial score (nSPS) is 20.2. The maximum Gasteiger partial charge on any atom is 0.254 e. The van der Waals surface area contributed by atoms with Crippen LogP contribution in [0.4, 0.5) is 5.82 Å². The molecule has 0 spiro atoms. The van der Waals surface area contributed by atoms with Crippen molar-refractivity contribution >= 4 is 11.7 Å². The number of carbonyl (C=O) groups is 1. The Balaban J connectivity index is 1.96. The number of nitrogens with one attached hydrogen (secondary N) is 1. The molecule has 2 rings (SSSR count). The number of hydrogen-bond donors (Lipinski definition) is 1. The molecule has 1 amide bonds. The lowest BCUT2D eigenvalue weighted by molar-refractivity contribution is -0.124. The first kappa shape index (κ1) is 10.1. The van der Waals surface area contributed by atoms with Crippen molar-refractivity contribution in [3.05, 3.63) is 23.9 Å². The highest BCUT2D eigenvalue weighted by molar-refractivity contribution is 5.93. The van der Waals surface area contributed by atoms with Crippen molar-refractivity contribution in [3.8, 4) is 0 Å². The fraction of sp³-hybridized carbons (Fsp3) is 0.455. The molecule has 2 heterocycles. The van der Waals surface area contributed by atoms with Crippen molar-refractivity contribution < 1.29 is 9.53 Å². The van der Waals surface area contributed by atoms with Gasteiger partial charge in [-0.25, -0.2) is 4.98 Å². The molecule has 1 atom stereocenters. The van der Waals surface area contributed by atoms with Crippen LogP contribution in [0.3, 0.4) is 0 Å². The molecule has 80 valence electrons. The summed E-state index contributed by atoms with van der Waals surface area (Å²) in [7, 11) is 0. The molecule has 1 N–H and O–H groups in total. The Labute approximate surface area is 88.7 Å². The smallest absolute Gasteiger partial charge is 0.254 e. The Morgan fingerprint density at radius 2 is 2.47 bits per heavy atom. The molecule has 1 aliphatic rings. The zero-order valence-electron chi connectivity index (χ0n) is 8.69. The quantitative estimate of drug-likeness (QED) is 0.798. The standard InChI is InChI=1S/C11H14N2O2/c1-8-4-5-10(12-7-8)13-11(14)9-3-2-6-15-9/h4-5,7,9H,2-3,6H2,1H3,(H,12,13,14). The van der Waals surface area contributed by atoms with Gasteiger partial charge in [0.1, 0.15) is 11.9 Å². The van der Waals surface area contributed by atoms with Gasteiger partial charge in [0.05, 0.1) is 0 Å². The lowest BCUT2D eigenvalue weighted by Gasteiger charge is -2.09. The third-order valence-corrected chi connectivity index (χ3v) is 2.38. The molecule has 1 aromatic heterocycles. The summed E-state index contributed by atoms with van der Waals surface area (Å²) >= 11 is 0. The van der Waals surface area contributed by atoms with E-state index in [1.165, 1.54) is 0 Å². The highest BCUT2D eigenvalue weighted by Gasteiger charge is 2.23. The molecule has 4 heteroatoms. The van der Waals surface area contributed by atoms with Crippen LogP contribution < -0.4 is 5.32 Å². The van der Waals surface area contributed by atoms with E-state index in [0.29, 0.717) is 12.4 Å². The van der Waals surface area contributed by atoms with Crippen LogP contribution in [0.5, 0.6) is 0 Å². The van der Waals surface area contributed by atoms with E-state index in [0.717, 1.165) is 18.4 Å². The first-order chi connectivity index (χ1) is 7.25. The Kier molecular flexibility index (Phi) is 2.97. The summed E-state index contributed by atoms with van der Waals surface area (Å²) in [4.78, 5) is 15.7. The van der Waals surface area contributed by atoms with Gasteiger partial charge in [0.25, 0.3) is 5.91 Å². The van der Waals surface area contributed by atoms with Crippen molar-refractivity contribution in [1.82, 2.24) is 4.98 Å². The molecule has 1 unspecified atom stereocenters. The van der Waals surface area contributed by atoms with E-state index >= 15 is 0 Å². The van der Waals surface area contributed by atoms with E-state index in [-0.39, 0.29) is 12.0 Å². The molecule has 0 bridgehead atoms. The first-order valence-electron chi connectivity index (χ1n) is 5.11. The number of nitrogens with zero attached hydrogens (tertiary/aromatic N) is 1. The predicted octanol–water partition coefficient (Wildman–Crippen LogP) is 1.51. The van der Waals surface area contributed by atoms with Crippen molar-refractivity contribution in [2.75, 3.05) is 11.9 Å². The minimum absolute atomic E-state index is 0.0937. The third kappa shape index (κ3) is 2.53. The molecule has 0 saturated carbocycles. The number of aryl methyl sites for hydroxylation is 1. The topological polar surface area (TPSA) is 51.2 Å². The van der Waals surface area contributed by atoms with Crippen LogP contribution in [0, 0.1) is 6.92 Å². The van der Waals surface area contributed by atoms with E-state index in [2.05, 4.69) is 10.3 Å². The van der Waals surface area contributed by atoms with Gasteiger partial charge in [-0.1, -0.05) is 6.07 Å². The molecule has 15 heavy (non-hydrogen) atoms. The molecule has 1 aliphatic heterocycles. The second-order valence-electron chi connectivity index (χ2n) is 3.71. The highest BCUT2D eigenvalue weighted by atomic mass is 16.5. The number of ether oxygens (including phenoxy) is 1. The number of rotatable bonds is 2. The molecule has 0 radical (unpaired) electrons. The Hall–Kier alpha value is -1.42. The molecule has 1 aromatic rings. The average Bonchev–Trinajstić information content (AvgIpc) is 2.74. The summed E-state index contributed by atoms with van der Waals surface area (Å²) in [6.45, 7) is 2.64. The van der Waals surface area contributed by atoms with Crippen LogP contribution >= 0.6 is 0 Å². The minimum Gasteiger partial charge on any atom is -0.368 e. The average molecular weight is 206 g/mol. The van der Waals surface area contributed by atoms with E-state index < -0.39 is 0 Å². The van der Waals surface area contributed by atoms with E-state index in [1.54, 1.807) is 12.3 Å². The number of pyridine rings is 1. The van der Waals surface area contributed by atoms with Crippen LogP contribution in [0.2, 0.25) is 0 Å². The molecule has 1 saturated heterocycles. The van der Waals surface area contributed by atoms with Gasteiger partial charge in [0.15, 0.2) is 0 Å². The van der Waals surface area contributed by atoms with Crippen LogP contribution in [0.15, 0.2) is 18.3 Å². The largest absolute Gasteiger partial charge is 0.368 e. The molecular formula is C11H14N2O2. The maximum atomic E-state index is 11.6. The SMILES string of the molecule is Cc1ccc(NC(=O)C2CCCO2)nc1. The zero-order valence-corrected chi connectivity index (χ0v) is 8.69. The molecule has 0 aliphatic carbocycles. The fourth-order valence-corrected chi connectivity index (χ4v) is 1.53. The third-order valence-electron chi connectivity index (χ3n) is 2.38. The van der Waals surface area contributed by atoms with Gasteiger partial charge in [0.2, 0.25) is 0 Å². The summed E-state index contributed by atoms with van der Waals surface area (Å²) in [5.41, 5.74) is 1.07. The van der Waals surface area contributed by atoms with Crippen LogP contribution in [0.25, 0.3) is 0 Å². The predicted molar refractivity (Wildman–Crippen MR) is 56.6 cm³/mol. The summed E-state index contributed by atoms with van der Waals surface area (Å²) in [6.07, 6.45) is 3.19. The summed E-state index contributed by atoms with van der Waals surface area (Å²) in [5, 5.41) is 2.74. The van der Waals surface area contributed by atoms with Gasteiger partial charge >= 0.3 is 0 Å². The number of carbonyl (C=O) groups excluding carboxylic acids is 1. The van der Waals surface area contributed by atoms with Crippen LogP contribution in [0.1, 0.15) is 18.4 Å². The van der Waals surface area contributed by atoms with Crippen molar-refractivity contribution in [2.45, 2.75) is 25.9 Å². The minimum atomic E-state index is -0.298. The number of amides is 1. The second kappa shape index (κ2) is 4.40. The van der Waals surface area contributed by atoms with Gasteiger partial charge in [-0.2, -0.15) is 0 Å². The first-order valence-corrected chi connectivity index (χ1v) is 5.11. The molecule has 0 aromatic carbocycles. The molecule has 1 fully saturated rings. The Morgan fingerprint density at radius 1 is 1.60 bits per heavy atom. The van der Waals surface area contributed by atoms with Gasteiger partial charge in [0, 0.05) is 12.8 Å². The molecule has 4 nitrogen and oxygen atoms in total. The van der Waals surface area contributed by atoms with Crippen molar-refractivity contribution in [2.24, 2.45) is 0 Å². The number of anilines is 1. The monoisotopic (exact) mass is 206 g/mol. The Morgan fingerprint density at radius 3 is 3.07 bits per heavy atom. The van der Waals surface area contributed by atoms with Gasteiger partial charge < -0.3 is 10.1 Å². The van der Waals surface area contributed by atoms with Gasteiger partial charge in [-0.15, -0.1) is 0 Å². The summed E-state index contributed by atoms with van der Waals surface area (Å²) in [5.74, 6) is 0.491.